The van der Waals surface area contributed by atoms with Crippen LogP contribution < -0.4 is 4.89 Å². The van der Waals surface area contributed by atoms with Crippen LogP contribution in [0.5, 0.6) is 5.75 Å². The maximum absolute atomic E-state index is 5.09. The van der Waals surface area contributed by atoms with Gasteiger partial charge in [-0.15, -0.1) is 0 Å². The Morgan fingerprint density at radius 1 is 1.31 bits per heavy atom. The van der Waals surface area contributed by atoms with Gasteiger partial charge < -0.3 is 4.89 Å². The highest BCUT2D eigenvalue weighted by Gasteiger charge is 1.93. The summed E-state index contributed by atoms with van der Waals surface area (Å²) in [6.07, 6.45) is 2.16. The molecule has 0 aliphatic heterocycles. The summed E-state index contributed by atoms with van der Waals surface area (Å²) in [6, 6.07) is 7.82. The van der Waals surface area contributed by atoms with E-state index in [-0.39, 0.29) is 0 Å². The van der Waals surface area contributed by atoms with Gasteiger partial charge in [0.05, 0.1) is 6.61 Å². The van der Waals surface area contributed by atoms with Gasteiger partial charge in [-0.25, -0.2) is 0 Å². The van der Waals surface area contributed by atoms with Crippen LogP contribution in [0.1, 0.15) is 25.3 Å². The third-order valence-corrected chi connectivity index (χ3v) is 1.73. The molecule has 0 saturated heterocycles. The molecule has 72 valence electrons. The van der Waals surface area contributed by atoms with Gasteiger partial charge in [0, 0.05) is 0 Å². The van der Waals surface area contributed by atoms with E-state index in [9.17, 15) is 0 Å². The zero-order valence-electron chi connectivity index (χ0n) is 8.25. The molecule has 2 nitrogen and oxygen atoms in total. The average Bonchev–Trinajstić information content (AvgIpc) is 2.13. The first-order valence-corrected chi connectivity index (χ1v) is 4.69. The van der Waals surface area contributed by atoms with E-state index in [1.807, 2.05) is 31.2 Å². The predicted molar refractivity (Wildman–Crippen MR) is 52.7 cm³/mol. The largest absolute Gasteiger partial charge is 0.338 e. The molecule has 0 saturated carbocycles. The van der Waals surface area contributed by atoms with E-state index < -0.39 is 0 Å². The zero-order chi connectivity index (χ0) is 9.52. The maximum Gasteiger partial charge on any atom is 0.165 e. The van der Waals surface area contributed by atoms with E-state index in [0.29, 0.717) is 6.61 Å². The highest BCUT2D eigenvalue weighted by atomic mass is 17.2. The van der Waals surface area contributed by atoms with Crippen LogP contribution in [0.3, 0.4) is 0 Å². The van der Waals surface area contributed by atoms with Gasteiger partial charge in [-0.05, 0) is 31.0 Å². The van der Waals surface area contributed by atoms with Crippen LogP contribution in [0.4, 0.5) is 0 Å². The minimum Gasteiger partial charge on any atom is -0.338 e. The van der Waals surface area contributed by atoms with Gasteiger partial charge >= 0.3 is 0 Å². The standard InChI is InChI=1S/C11H16O2/c1-3-4-8-12-13-11-7-5-6-10(2)9-11/h5-7,9H,3-4,8H2,1-2H3. The second kappa shape index (κ2) is 5.60. The van der Waals surface area contributed by atoms with Gasteiger partial charge in [-0.3, -0.25) is 0 Å². The van der Waals surface area contributed by atoms with Crippen molar-refractivity contribution in [1.82, 2.24) is 0 Å². The van der Waals surface area contributed by atoms with Crippen molar-refractivity contribution < 1.29 is 9.78 Å². The maximum atomic E-state index is 5.09. The molecule has 0 radical (unpaired) electrons. The minimum absolute atomic E-state index is 0.657. The monoisotopic (exact) mass is 180 g/mol. The number of unbranched alkanes of at least 4 members (excludes halogenated alkanes) is 1. The lowest BCUT2D eigenvalue weighted by molar-refractivity contribution is -0.207. The van der Waals surface area contributed by atoms with E-state index in [1.54, 1.807) is 0 Å². The van der Waals surface area contributed by atoms with Crippen molar-refractivity contribution in [3.05, 3.63) is 29.8 Å². The van der Waals surface area contributed by atoms with Crippen molar-refractivity contribution in [2.24, 2.45) is 0 Å². The van der Waals surface area contributed by atoms with Gasteiger partial charge in [0.1, 0.15) is 0 Å². The fourth-order valence-corrected chi connectivity index (χ4v) is 0.980. The van der Waals surface area contributed by atoms with Crippen LogP contribution >= 0.6 is 0 Å². The van der Waals surface area contributed by atoms with E-state index in [4.69, 9.17) is 9.78 Å². The lowest BCUT2D eigenvalue weighted by atomic mass is 10.2. The second-order valence-electron chi connectivity index (χ2n) is 3.08. The van der Waals surface area contributed by atoms with Crippen molar-refractivity contribution in [3.8, 4) is 5.75 Å². The molecular weight excluding hydrogens is 164 g/mol. The minimum atomic E-state index is 0.657. The summed E-state index contributed by atoms with van der Waals surface area (Å²) in [5.74, 6) is 0.774. The van der Waals surface area contributed by atoms with Crippen molar-refractivity contribution in [1.29, 1.82) is 0 Å². The van der Waals surface area contributed by atoms with Gasteiger partial charge in [-0.2, -0.15) is 4.89 Å². The Kier molecular flexibility index (Phi) is 4.33. The average molecular weight is 180 g/mol. The lowest BCUT2D eigenvalue weighted by Gasteiger charge is -2.04. The molecule has 0 amide bonds. The zero-order valence-corrected chi connectivity index (χ0v) is 8.25. The highest BCUT2D eigenvalue weighted by Crippen LogP contribution is 2.12. The van der Waals surface area contributed by atoms with E-state index in [2.05, 4.69) is 6.92 Å². The molecule has 1 aromatic carbocycles. The van der Waals surface area contributed by atoms with Gasteiger partial charge in [-0.1, -0.05) is 25.5 Å². The third-order valence-electron chi connectivity index (χ3n) is 1.73. The Morgan fingerprint density at radius 2 is 2.15 bits per heavy atom. The molecule has 0 aliphatic carbocycles. The summed E-state index contributed by atoms with van der Waals surface area (Å²) in [5.41, 5.74) is 1.18. The molecule has 0 unspecified atom stereocenters. The quantitative estimate of drug-likeness (QED) is 0.394. The molecule has 0 spiro atoms. The van der Waals surface area contributed by atoms with Crippen LogP contribution in [0.25, 0.3) is 0 Å². The van der Waals surface area contributed by atoms with Crippen molar-refractivity contribution >= 4 is 0 Å². The van der Waals surface area contributed by atoms with E-state index in [0.717, 1.165) is 18.6 Å². The molecule has 0 bridgehead atoms. The Labute approximate surface area is 79.4 Å². The molecule has 0 N–H and O–H groups in total. The molecule has 0 heterocycles. The number of rotatable bonds is 5. The fourth-order valence-electron chi connectivity index (χ4n) is 0.980. The molecule has 2 heteroatoms. The Morgan fingerprint density at radius 3 is 2.85 bits per heavy atom. The Balaban J connectivity index is 2.28. The highest BCUT2D eigenvalue weighted by molar-refractivity contribution is 5.26. The summed E-state index contributed by atoms with van der Waals surface area (Å²) in [6.45, 7) is 4.80. The Bertz CT molecular complexity index is 246. The first kappa shape index (κ1) is 10.1. The topological polar surface area (TPSA) is 18.5 Å². The number of aryl methyl sites for hydroxylation is 1. The predicted octanol–water partition coefficient (Wildman–Crippen LogP) is 3.11. The van der Waals surface area contributed by atoms with Crippen LogP contribution in [0, 0.1) is 6.92 Å². The molecule has 1 aromatic rings. The molecule has 13 heavy (non-hydrogen) atoms. The fraction of sp³-hybridized carbons (Fsp3) is 0.455. The third kappa shape index (κ3) is 3.95. The number of benzene rings is 1. The molecule has 0 fully saturated rings. The summed E-state index contributed by atoms with van der Waals surface area (Å²) >= 11 is 0. The number of hydrogen-bond donors (Lipinski definition) is 0. The van der Waals surface area contributed by atoms with Crippen molar-refractivity contribution in [3.63, 3.8) is 0 Å². The van der Waals surface area contributed by atoms with Gasteiger partial charge in [0.2, 0.25) is 0 Å². The van der Waals surface area contributed by atoms with Gasteiger partial charge in [0.15, 0.2) is 5.75 Å². The van der Waals surface area contributed by atoms with E-state index >= 15 is 0 Å². The van der Waals surface area contributed by atoms with Crippen LogP contribution in [0.2, 0.25) is 0 Å². The SMILES string of the molecule is CCCCOOc1cccc(C)c1. The normalized spacial score (nSPS) is 10.0. The second-order valence-corrected chi connectivity index (χ2v) is 3.08. The summed E-state index contributed by atoms with van der Waals surface area (Å²) in [5, 5.41) is 0. The molecule has 0 aliphatic rings. The summed E-state index contributed by atoms with van der Waals surface area (Å²) < 4.78 is 0. The molecule has 0 atom stereocenters. The summed E-state index contributed by atoms with van der Waals surface area (Å²) in [4.78, 5) is 10.1. The van der Waals surface area contributed by atoms with Gasteiger partial charge in [0.25, 0.3) is 0 Å². The van der Waals surface area contributed by atoms with Crippen LogP contribution in [-0.2, 0) is 4.89 Å². The first-order chi connectivity index (χ1) is 6.33. The Hall–Kier alpha value is -1.02. The van der Waals surface area contributed by atoms with Crippen molar-refractivity contribution in [2.45, 2.75) is 26.7 Å². The van der Waals surface area contributed by atoms with E-state index in [1.165, 1.54) is 5.56 Å². The lowest BCUT2D eigenvalue weighted by Crippen LogP contribution is -1.98. The number of hydrogen-bond acceptors (Lipinski definition) is 2. The molecule has 1 rings (SSSR count). The van der Waals surface area contributed by atoms with Crippen LogP contribution in [-0.4, -0.2) is 6.61 Å². The molecule has 0 aromatic heterocycles. The smallest absolute Gasteiger partial charge is 0.165 e. The summed E-state index contributed by atoms with van der Waals surface area (Å²) in [7, 11) is 0. The molecular formula is C11H16O2. The van der Waals surface area contributed by atoms with Crippen molar-refractivity contribution in [2.75, 3.05) is 6.61 Å². The van der Waals surface area contributed by atoms with Crippen LogP contribution in [0.15, 0.2) is 24.3 Å². The first-order valence-electron chi connectivity index (χ1n) is 4.69.